The lowest BCUT2D eigenvalue weighted by atomic mass is 9.79. The highest BCUT2D eigenvalue weighted by molar-refractivity contribution is 6.24. The summed E-state index contributed by atoms with van der Waals surface area (Å²) in [6.45, 7) is 11.9. The van der Waals surface area contributed by atoms with Gasteiger partial charge in [0.1, 0.15) is 0 Å². The summed E-state index contributed by atoms with van der Waals surface area (Å²) in [4.78, 5) is 11.6. The first kappa shape index (κ1) is 25.5. The van der Waals surface area contributed by atoms with Gasteiger partial charge in [0, 0.05) is 11.5 Å². The molecule has 0 aliphatic heterocycles. The number of carbonyl (C=O) groups is 1. The minimum Gasteiger partial charge on any atom is -0.439 e. The molecule has 0 aromatic carbocycles. The Morgan fingerprint density at radius 1 is 0.885 bits per heavy atom. The molecule has 0 N–H and O–H groups in total. The van der Waals surface area contributed by atoms with E-state index in [0.29, 0.717) is 6.42 Å². The lowest BCUT2D eigenvalue weighted by molar-refractivity contribution is -0.155. The van der Waals surface area contributed by atoms with E-state index in [9.17, 15) is 4.79 Å². The van der Waals surface area contributed by atoms with Crippen molar-refractivity contribution in [3.8, 4) is 0 Å². The monoisotopic (exact) mass is 386 g/mol. The fourth-order valence-corrected chi connectivity index (χ4v) is 3.66. The molecule has 0 heterocycles. The lowest BCUT2D eigenvalue weighted by Gasteiger charge is -2.40. The van der Waals surface area contributed by atoms with Crippen molar-refractivity contribution in [2.45, 2.75) is 123 Å². The van der Waals surface area contributed by atoms with Crippen molar-refractivity contribution in [1.29, 1.82) is 0 Å². The summed E-state index contributed by atoms with van der Waals surface area (Å²) >= 11 is 6.64. The topological polar surface area (TPSA) is 26.3 Å². The summed E-state index contributed by atoms with van der Waals surface area (Å²) in [5, 5.41) is -0.948. The number of esters is 1. The number of hydrogen-bond donors (Lipinski definition) is 0. The van der Waals surface area contributed by atoms with Crippen LogP contribution in [0.1, 0.15) is 118 Å². The lowest BCUT2D eigenvalue weighted by Crippen LogP contribution is -2.43. The molecule has 3 heteroatoms. The maximum absolute atomic E-state index is 11.6. The molecule has 0 fully saturated rings. The molecule has 0 amide bonds. The average Bonchev–Trinajstić information content (AvgIpc) is 2.62. The first-order valence-electron chi connectivity index (χ1n) is 10.9. The second-order valence-electron chi connectivity index (χ2n) is 8.23. The van der Waals surface area contributed by atoms with Crippen LogP contribution < -0.4 is 0 Å². The summed E-state index contributed by atoms with van der Waals surface area (Å²) in [5.41, 5.74) is -0.250. The predicted octanol–water partition coefficient (Wildman–Crippen LogP) is 8.18. The van der Waals surface area contributed by atoms with Gasteiger partial charge in [0.2, 0.25) is 0 Å². The van der Waals surface area contributed by atoms with Crippen LogP contribution in [0.5, 0.6) is 0 Å². The molecule has 0 bridgehead atoms. The smallest absolute Gasteiger partial charge is 0.331 e. The highest BCUT2D eigenvalue weighted by Crippen LogP contribution is 2.44. The van der Waals surface area contributed by atoms with Crippen LogP contribution in [-0.2, 0) is 9.53 Å². The van der Waals surface area contributed by atoms with E-state index in [-0.39, 0.29) is 5.41 Å². The van der Waals surface area contributed by atoms with Crippen LogP contribution in [0.15, 0.2) is 12.7 Å². The summed E-state index contributed by atoms with van der Waals surface area (Å²) in [5.74, 6) is -0.440. The molecule has 0 radical (unpaired) electrons. The van der Waals surface area contributed by atoms with Gasteiger partial charge in [-0.25, -0.2) is 4.79 Å². The van der Waals surface area contributed by atoms with Crippen LogP contribution in [0.3, 0.4) is 0 Å². The van der Waals surface area contributed by atoms with Crippen molar-refractivity contribution in [2.75, 3.05) is 0 Å². The Bertz CT molecular complexity index is 378. The molecular formula is C23H43ClO2. The van der Waals surface area contributed by atoms with Gasteiger partial charge in [-0.2, -0.15) is 0 Å². The third kappa shape index (κ3) is 10.6. The number of alkyl halides is 1. The van der Waals surface area contributed by atoms with E-state index in [1.54, 1.807) is 0 Å². The van der Waals surface area contributed by atoms with Crippen molar-refractivity contribution >= 4 is 17.6 Å². The summed E-state index contributed by atoms with van der Waals surface area (Å²) in [6.07, 6.45) is 18.8. The third-order valence-corrected chi connectivity index (χ3v) is 6.41. The van der Waals surface area contributed by atoms with Gasteiger partial charge in [-0.15, -0.1) is 0 Å². The van der Waals surface area contributed by atoms with Crippen LogP contribution >= 0.6 is 11.6 Å². The first-order valence-corrected chi connectivity index (χ1v) is 11.2. The van der Waals surface area contributed by atoms with E-state index < -0.39 is 11.0 Å². The second kappa shape index (κ2) is 14.5. The number of halogens is 1. The molecule has 2 nitrogen and oxygen atoms in total. The van der Waals surface area contributed by atoms with Crippen molar-refractivity contribution in [3.63, 3.8) is 0 Å². The van der Waals surface area contributed by atoms with Gasteiger partial charge < -0.3 is 4.74 Å². The maximum atomic E-state index is 11.6. The standard InChI is InChI=1S/C23H43ClO2/c1-6-9-10-11-12-13-14-15-16-17-18-19-20-22(4,5)23(24,8-3)26-21(25)7-2/h7H,2,6,8-20H2,1,3-5H3. The Morgan fingerprint density at radius 3 is 1.69 bits per heavy atom. The van der Waals surface area contributed by atoms with Crippen LogP contribution in [0.4, 0.5) is 0 Å². The zero-order valence-corrected chi connectivity index (χ0v) is 18.6. The molecule has 0 aromatic heterocycles. The molecular weight excluding hydrogens is 344 g/mol. The maximum Gasteiger partial charge on any atom is 0.331 e. The molecule has 0 aromatic rings. The SMILES string of the molecule is C=CC(=O)OC(Cl)(CC)C(C)(C)CCCCCCCCCCCCCC. The number of carbonyl (C=O) groups excluding carboxylic acids is 1. The van der Waals surface area contributed by atoms with Crippen LogP contribution in [0, 0.1) is 5.41 Å². The molecule has 0 aliphatic carbocycles. The van der Waals surface area contributed by atoms with Crippen molar-refractivity contribution in [2.24, 2.45) is 5.41 Å². The molecule has 1 atom stereocenters. The van der Waals surface area contributed by atoms with E-state index in [1.165, 1.54) is 76.7 Å². The van der Waals surface area contributed by atoms with Gasteiger partial charge in [0.25, 0.3) is 0 Å². The molecule has 0 aliphatic rings. The largest absolute Gasteiger partial charge is 0.439 e. The minimum absolute atomic E-state index is 0.250. The highest BCUT2D eigenvalue weighted by atomic mass is 35.5. The first-order chi connectivity index (χ1) is 12.3. The molecule has 0 rings (SSSR count). The molecule has 0 saturated carbocycles. The average molecular weight is 387 g/mol. The minimum atomic E-state index is -0.948. The van der Waals surface area contributed by atoms with Gasteiger partial charge >= 0.3 is 5.97 Å². The fourth-order valence-electron chi connectivity index (χ4n) is 3.48. The summed E-state index contributed by atoms with van der Waals surface area (Å²) in [6, 6.07) is 0. The fraction of sp³-hybridized carbons (Fsp3) is 0.870. The predicted molar refractivity (Wildman–Crippen MR) is 115 cm³/mol. The van der Waals surface area contributed by atoms with Gasteiger partial charge in [-0.05, 0) is 12.8 Å². The normalized spacial score (nSPS) is 14.0. The molecule has 154 valence electrons. The number of unbranched alkanes of at least 4 members (excludes halogenated alkanes) is 11. The number of ether oxygens (including phenoxy) is 1. The van der Waals surface area contributed by atoms with Gasteiger partial charge in [-0.3, -0.25) is 0 Å². The van der Waals surface area contributed by atoms with E-state index in [4.69, 9.17) is 16.3 Å². The zero-order chi connectivity index (χ0) is 19.9. The zero-order valence-electron chi connectivity index (χ0n) is 17.9. The highest BCUT2D eigenvalue weighted by Gasteiger charge is 2.44. The van der Waals surface area contributed by atoms with Gasteiger partial charge in [-0.1, -0.05) is 123 Å². The van der Waals surface area contributed by atoms with E-state index in [2.05, 4.69) is 27.4 Å². The molecule has 1 unspecified atom stereocenters. The van der Waals surface area contributed by atoms with E-state index in [1.807, 2.05) is 6.92 Å². The van der Waals surface area contributed by atoms with Crippen molar-refractivity contribution in [1.82, 2.24) is 0 Å². The Labute approximate surface area is 168 Å². The Kier molecular flexibility index (Phi) is 14.3. The van der Waals surface area contributed by atoms with Crippen molar-refractivity contribution < 1.29 is 9.53 Å². The van der Waals surface area contributed by atoms with Gasteiger partial charge in [0.05, 0.1) is 0 Å². The van der Waals surface area contributed by atoms with Crippen LogP contribution in [0.25, 0.3) is 0 Å². The Morgan fingerprint density at radius 2 is 1.31 bits per heavy atom. The Balaban J connectivity index is 3.84. The summed E-state index contributed by atoms with van der Waals surface area (Å²) in [7, 11) is 0. The number of rotatable bonds is 17. The van der Waals surface area contributed by atoms with Gasteiger partial charge in [0.15, 0.2) is 5.06 Å². The van der Waals surface area contributed by atoms with E-state index in [0.717, 1.165) is 12.8 Å². The quantitative estimate of drug-likeness (QED) is 0.109. The Hall–Kier alpha value is -0.500. The molecule has 0 saturated heterocycles. The summed E-state index contributed by atoms with van der Waals surface area (Å²) < 4.78 is 5.47. The van der Waals surface area contributed by atoms with E-state index >= 15 is 0 Å². The third-order valence-electron chi connectivity index (χ3n) is 5.55. The number of hydrogen-bond acceptors (Lipinski definition) is 2. The van der Waals surface area contributed by atoms with Crippen molar-refractivity contribution in [3.05, 3.63) is 12.7 Å². The molecule has 26 heavy (non-hydrogen) atoms. The second-order valence-corrected chi connectivity index (χ2v) is 8.84. The molecule has 0 spiro atoms. The van der Waals surface area contributed by atoms with Crippen LogP contribution in [-0.4, -0.2) is 11.0 Å². The van der Waals surface area contributed by atoms with Crippen LogP contribution in [0.2, 0.25) is 0 Å².